The molecular formula is C20H24BrNO4. The quantitative estimate of drug-likeness (QED) is 0.643. The predicted octanol–water partition coefficient (Wildman–Crippen LogP) is 4.58. The molecule has 6 heteroatoms. The molecule has 2 rings (SSSR count). The van der Waals surface area contributed by atoms with E-state index >= 15 is 0 Å². The summed E-state index contributed by atoms with van der Waals surface area (Å²) in [6.07, 6.45) is 0. The molecule has 0 aliphatic rings. The monoisotopic (exact) mass is 421 g/mol. The maximum Gasteiger partial charge on any atom is 0.251 e. The molecule has 0 heterocycles. The van der Waals surface area contributed by atoms with Gasteiger partial charge in [-0.25, -0.2) is 0 Å². The number of nitrogens with one attached hydrogen (secondary N) is 1. The van der Waals surface area contributed by atoms with E-state index in [1.807, 2.05) is 45.0 Å². The van der Waals surface area contributed by atoms with Gasteiger partial charge in [-0.15, -0.1) is 0 Å². The Morgan fingerprint density at radius 3 is 2.12 bits per heavy atom. The van der Waals surface area contributed by atoms with Crippen LogP contribution in [0.2, 0.25) is 0 Å². The molecular weight excluding hydrogens is 398 g/mol. The van der Waals surface area contributed by atoms with E-state index < -0.39 is 0 Å². The Kier molecular flexibility index (Phi) is 7.78. The van der Waals surface area contributed by atoms with Crippen molar-refractivity contribution in [3.8, 4) is 17.2 Å². The summed E-state index contributed by atoms with van der Waals surface area (Å²) < 4.78 is 17.9. The fourth-order valence-corrected chi connectivity index (χ4v) is 2.90. The molecule has 0 unspecified atom stereocenters. The highest BCUT2D eigenvalue weighted by atomic mass is 79.9. The summed E-state index contributed by atoms with van der Waals surface area (Å²) in [5.41, 5.74) is 1.48. The molecule has 0 saturated heterocycles. The number of carbonyl (C=O) groups excluding carboxylic acids is 1. The van der Waals surface area contributed by atoms with Crippen LogP contribution in [0.15, 0.2) is 40.9 Å². The minimum atomic E-state index is -0.199. The summed E-state index contributed by atoms with van der Waals surface area (Å²) in [4.78, 5) is 12.6. The molecule has 1 amide bonds. The molecule has 0 bridgehead atoms. The fourth-order valence-electron chi connectivity index (χ4n) is 2.45. The van der Waals surface area contributed by atoms with Crippen molar-refractivity contribution in [1.82, 2.24) is 5.32 Å². The molecule has 140 valence electrons. The lowest BCUT2D eigenvalue weighted by Gasteiger charge is -2.17. The summed E-state index contributed by atoms with van der Waals surface area (Å²) in [6.45, 7) is 7.51. The topological polar surface area (TPSA) is 56.8 Å². The van der Waals surface area contributed by atoms with Gasteiger partial charge in [-0.1, -0.05) is 28.1 Å². The van der Waals surface area contributed by atoms with Crippen LogP contribution in [0.3, 0.4) is 0 Å². The van der Waals surface area contributed by atoms with Gasteiger partial charge in [0.15, 0.2) is 11.5 Å². The number of amides is 1. The van der Waals surface area contributed by atoms with Crippen LogP contribution in [0, 0.1) is 0 Å². The lowest BCUT2D eigenvalue weighted by molar-refractivity contribution is 0.0949. The Morgan fingerprint density at radius 1 is 0.962 bits per heavy atom. The molecule has 0 spiro atoms. The zero-order valence-corrected chi connectivity index (χ0v) is 16.9. The third-order valence-corrected chi connectivity index (χ3v) is 4.01. The molecule has 2 aromatic carbocycles. The average molecular weight is 422 g/mol. The first-order valence-electron chi connectivity index (χ1n) is 8.68. The smallest absolute Gasteiger partial charge is 0.251 e. The second kappa shape index (κ2) is 10.1. The lowest BCUT2D eigenvalue weighted by Crippen LogP contribution is -2.23. The highest BCUT2D eigenvalue weighted by Gasteiger charge is 2.18. The standard InChI is InChI=1S/C20H24BrNO4/c1-4-24-17-11-15(12-18(25-5-2)19(17)26-6-3)20(23)22-13-14-8-7-9-16(21)10-14/h7-12H,4-6,13H2,1-3H3,(H,22,23). The molecule has 0 saturated carbocycles. The molecule has 0 aliphatic carbocycles. The van der Waals surface area contributed by atoms with Crippen molar-refractivity contribution in [3.63, 3.8) is 0 Å². The first-order valence-corrected chi connectivity index (χ1v) is 9.47. The third kappa shape index (κ3) is 5.39. The van der Waals surface area contributed by atoms with Gasteiger partial charge in [-0.3, -0.25) is 4.79 Å². The summed E-state index contributed by atoms with van der Waals surface area (Å²) in [6, 6.07) is 11.2. The second-order valence-corrected chi connectivity index (χ2v) is 6.33. The van der Waals surface area contributed by atoms with E-state index in [0.29, 0.717) is 49.2 Å². The number of carbonyl (C=O) groups is 1. The molecule has 0 aliphatic heterocycles. The van der Waals surface area contributed by atoms with Gasteiger partial charge in [0.1, 0.15) is 0 Å². The van der Waals surface area contributed by atoms with Crippen molar-refractivity contribution in [2.45, 2.75) is 27.3 Å². The largest absolute Gasteiger partial charge is 0.490 e. The van der Waals surface area contributed by atoms with E-state index in [1.54, 1.807) is 12.1 Å². The molecule has 26 heavy (non-hydrogen) atoms. The number of hydrogen-bond donors (Lipinski definition) is 1. The van der Waals surface area contributed by atoms with E-state index in [9.17, 15) is 4.79 Å². The van der Waals surface area contributed by atoms with Gasteiger partial charge in [-0.05, 0) is 50.6 Å². The lowest BCUT2D eigenvalue weighted by atomic mass is 10.1. The average Bonchev–Trinajstić information content (AvgIpc) is 2.62. The first kappa shape index (κ1) is 20.1. The van der Waals surface area contributed by atoms with E-state index in [4.69, 9.17) is 14.2 Å². The molecule has 0 atom stereocenters. The SMILES string of the molecule is CCOc1cc(C(=O)NCc2cccc(Br)c2)cc(OCC)c1OCC. The van der Waals surface area contributed by atoms with E-state index in [1.165, 1.54) is 0 Å². The maximum absolute atomic E-state index is 12.6. The fraction of sp³-hybridized carbons (Fsp3) is 0.350. The minimum Gasteiger partial charge on any atom is -0.490 e. The second-order valence-electron chi connectivity index (χ2n) is 5.41. The maximum atomic E-state index is 12.6. The highest BCUT2D eigenvalue weighted by Crippen LogP contribution is 2.39. The van der Waals surface area contributed by atoms with Gasteiger partial charge in [0.2, 0.25) is 5.75 Å². The zero-order chi connectivity index (χ0) is 18.9. The Morgan fingerprint density at radius 2 is 1.58 bits per heavy atom. The van der Waals surface area contributed by atoms with Crippen LogP contribution in [-0.2, 0) is 6.54 Å². The Labute approximate surface area is 162 Å². The summed E-state index contributed by atoms with van der Waals surface area (Å²) >= 11 is 3.43. The molecule has 0 fully saturated rings. The van der Waals surface area contributed by atoms with Crippen LogP contribution in [-0.4, -0.2) is 25.7 Å². The van der Waals surface area contributed by atoms with Crippen molar-refractivity contribution in [2.24, 2.45) is 0 Å². The van der Waals surface area contributed by atoms with Crippen LogP contribution < -0.4 is 19.5 Å². The Hall–Kier alpha value is -2.21. The van der Waals surface area contributed by atoms with Gasteiger partial charge in [0, 0.05) is 16.6 Å². The number of ether oxygens (including phenoxy) is 3. The van der Waals surface area contributed by atoms with Crippen molar-refractivity contribution in [2.75, 3.05) is 19.8 Å². The molecule has 2 aromatic rings. The van der Waals surface area contributed by atoms with Crippen molar-refractivity contribution in [1.29, 1.82) is 0 Å². The van der Waals surface area contributed by atoms with Gasteiger partial charge < -0.3 is 19.5 Å². The number of rotatable bonds is 9. The van der Waals surface area contributed by atoms with Crippen LogP contribution in [0.5, 0.6) is 17.2 Å². The third-order valence-electron chi connectivity index (χ3n) is 3.51. The van der Waals surface area contributed by atoms with Crippen LogP contribution in [0.1, 0.15) is 36.7 Å². The van der Waals surface area contributed by atoms with Crippen molar-refractivity contribution in [3.05, 3.63) is 52.0 Å². The van der Waals surface area contributed by atoms with E-state index in [0.717, 1.165) is 10.0 Å². The number of hydrogen-bond acceptors (Lipinski definition) is 4. The van der Waals surface area contributed by atoms with Crippen LogP contribution in [0.25, 0.3) is 0 Å². The molecule has 0 aromatic heterocycles. The Balaban J connectivity index is 2.24. The molecule has 1 N–H and O–H groups in total. The van der Waals surface area contributed by atoms with Gasteiger partial charge in [-0.2, -0.15) is 0 Å². The molecule has 5 nitrogen and oxygen atoms in total. The first-order chi connectivity index (χ1) is 12.6. The van der Waals surface area contributed by atoms with E-state index in [-0.39, 0.29) is 5.91 Å². The predicted molar refractivity (Wildman–Crippen MR) is 105 cm³/mol. The Bertz CT molecular complexity index is 721. The summed E-state index contributed by atoms with van der Waals surface area (Å²) in [5.74, 6) is 1.34. The minimum absolute atomic E-state index is 0.199. The van der Waals surface area contributed by atoms with Crippen LogP contribution in [0.4, 0.5) is 0 Å². The van der Waals surface area contributed by atoms with Gasteiger partial charge in [0.25, 0.3) is 5.91 Å². The molecule has 0 radical (unpaired) electrons. The van der Waals surface area contributed by atoms with Crippen molar-refractivity contribution >= 4 is 21.8 Å². The summed E-state index contributed by atoms with van der Waals surface area (Å²) in [7, 11) is 0. The van der Waals surface area contributed by atoms with Crippen LogP contribution >= 0.6 is 15.9 Å². The van der Waals surface area contributed by atoms with Gasteiger partial charge >= 0.3 is 0 Å². The zero-order valence-electron chi connectivity index (χ0n) is 15.3. The normalized spacial score (nSPS) is 10.3. The number of benzene rings is 2. The van der Waals surface area contributed by atoms with Gasteiger partial charge in [0.05, 0.1) is 19.8 Å². The van der Waals surface area contributed by atoms with Crippen molar-refractivity contribution < 1.29 is 19.0 Å². The number of halogens is 1. The van der Waals surface area contributed by atoms with E-state index in [2.05, 4.69) is 21.2 Å². The summed E-state index contributed by atoms with van der Waals surface area (Å²) in [5, 5.41) is 2.92. The highest BCUT2D eigenvalue weighted by molar-refractivity contribution is 9.10.